The van der Waals surface area contributed by atoms with E-state index in [1.54, 1.807) is 25.1 Å². The molecule has 0 aliphatic carbocycles. The monoisotopic (exact) mass is 207 g/mol. The summed E-state index contributed by atoms with van der Waals surface area (Å²) in [7, 11) is 0. The van der Waals surface area contributed by atoms with Crippen LogP contribution in [0.15, 0.2) is 18.2 Å². The fourth-order valence-electron chi connectivity index (χ4n) is 1.50. The van der Waals surface area contributed by atoms with Crippen LogP contribution in [-0.2, 0) is 4.79 Å². The minimum absolute atomic E-state index is 0.0969. The molecule has 0 fully saturated rings. The highest BCUT2D eigenvalue weighted by Crippen LogP contribution is 2.40. The maximum absolute atomic E-state index is 11.7. The standard InChI is InChI=1S/C11H13NO3/c1-3-11(2)10(14)15-8-6-4-5-7(13)9(8)12-11/h4-6,12-13H,3H2,1-2H3/t11-/m1/s1. The Bertz CT molecular complexity index is 416. The molecule has 1 aromatic carbocycles. The van der Waals surface area contributed by atoms with Gasteiger partial charge in [0.1, 0.15) is 17.0 Å². The number of hydrogen-bond acceptors (Lipinski definition) is 4. The topological polar surface area (TPSA) is 58.6 Å². The summed E-state index contributed by atoms with van der Waals surface area (Å²) in [5.74, 6) is 0.161. The van der Waals surface area contributed by atoms with Crippen LogP contribution in [0, 0.1) is 0 Å². The van der Waals surface area contributed by atoms with Crippen molar-refractivity contribution in [1.82, 2.24) is 0 Å². The molecule has 1 aliphatic rings. The van der Waals surface area contributed by atoms with Crippen molar-refractivity contribution in [3.8, 4) is 11.5 Å². The summed E-state index contributed by atoms with van der Waals surface area (Å²) in [6.45, 7) is 3.64. The molecule has 2 N–H and O–H groups in total. The molecule has 15 heavy (non-hydrogen) atoms. The zero-order valence-electron chi connectivity index (χ0n) is 8.70. The lowest BCUT2D eigenvalue weighted by Gasteiger charge is -2.33. The third-order valence-corrected chi connectivity index (χ3v) is 2.77. The van der Waals surface area contributed by atoms with Gasteiger partial charge in [0.2, 0.25) is 0 Å². The third-order valence-electron chi connectivity index (χ3n) is 2.77. The van der Waals surface area contributed by atoms with E-state index >= 15 is 0 Å². The van der Waals surface area contributed by atoms with E-state index in [2.05, 4.69) is 5.32 Å². The summed E-state index contributed by atoms with van der Waals surface area (Å²) >= 11 is 0. The molecule has 0 unspecified atom stereocenters. The number of fused-ring (bicyclic) bond motifs is 1. The normalized spacial score (nSPS) is 24.0. The van der Waals surface area contributed by atoms with Crippen molar-refractivity contribution in [2.24, 2.45) is 0 Å². The van der Waals surface area contributed by atoms with Crippen LogP contribution in [-0.4, -0.2) is 16.6 Å². The Kier molecular flexibility index (Phi) is 2.07. The highest BCUT2D eigenvalue weighted by Gasteiger charge is 2.39. The molecule has 1 aliphatic heterocycles. The van der Waals surface area contributed by atoms with E-state index in [4.69, 9.17) is 4.74 Å². The number of para-hydroxylation sites is 1. The first-order valence-electron chi connectivity index (χ1n) is 4.89. The van der Waals surface area contributed by atoms with E-state index in [9.17, 15) is 9.90 Å². The van der Waals surface area contributed by atoms with Gasteiger partial charge in [-0.05, 0) is 25.5 Å². The minimum atomic E-state index is -0.758. The molecule has 1 atom stereocenters. The second kappa shape index (κ2) is 3.15. The molecule has 0 bridgehead atoms. The van der Waals surface area contributed by atoms with E-state index < -0.39 is 5.54 Å². The van der Waals surface area contributed by atoms with Crippen molar-refractivity contribution >= 4 is 11.7 Å². The van der Waals surface area contributed by atoms with Crippen molar-refractivity contribution in [3.63, 3.8) is 0 Å². The lowest BCUT2D eigenvalue weighted by Crippen LogP contribution is -2.48. The molecule has 0 saturated carbocycles. The molecule has 4 heteroatoms. The number of hydrogen-bond donors (Lipinski definition) is 2. The fraction of sp³-hybridized carbons (Fsp3) is 0.364. The zero-order chi connectivity index (χ0) is 11.1. The Morgan fingerprint density at radius 1 is 1.53 bits per heavy atom. The first-order chi connectivity index (χ1) is 7.07. The number of nitrogens with one attached hydrogen (secondary N) is 1. The zero-order valence-corrected chi connectivity index (χ0v) is 8.70. The van der Waals surface area contributed by atoms with Gasteiger partial charge < -0.3 is 15.2 Å². The van der Waals surface area contributed by atoms with Gasteiger partial charge in [-0.2, -0.15) is 0 Å². The number of aromatic hydroxyl groups is 1. The lowest BCUT2D eigenvalue weighted by atomic mass is 9.97. The molecule has 0 radical (unpaired) electrons. The largest absolute Gasteiger partial charge is 0.506 e. The molecule has 2 rings (SSSR count). The number of benzene rings is 1. The summed E-state index contributed by atoms with van der Waals surface area (Å²) in [4.78, 5) is 11.7. The highest BCUT2D eigenvalue weighted by atomic mass is 16.5. The Labute approximate surface area is 87.9 Å². The van der Waals surface area contributed by atoms with Crippen LogP contribution < -0.4 is 10.1 Å². The number of anilines is 1. The molecule has 4 nitrogen and oxygen atoms in total. The maximum atomic E-state index is 11.7. The highest BCUT2D eigenvalue weighted by molar-refractivity contribution is 5.91. The molecule has 0 amide bonds. The number of carbonyl (C=O) groups excluding carboxylic acids is 1. The van der Waals surface area contributed by atoms with Gasteiger partial charge in [-0.3, -0.25) is 0 Å². The summed E-state index contributed by atoms with van der Waals surface area (Å²) < 4.78 is 5.16. The van der Waals surface area contributed by atoms with Gasteiger partial charge in [-0.25, -0.2) is 4.79 Å². The van der Waals surface area contributed by atoms with Gasteiger partial charge >= 0.3 is 5.97 Å². The number of esters is 1. The lowest BCUT2D eigenvalue weighted by molar-refractivity contribution is -0.139. The fourth-order valence-corrected chi connectivity index (χ4v) is 1.50. The molecule has 1 heterocycles. The van der Waals surface area contributed by atoms with Crippen molar-refractivity contribution < 1.29 is 14.6 Å². The second-order valence-corrected chi connectivity index (χ2v) is 3.85. The number of phenols is 1. The molecule has 1 aromatic rings. The predicted molar refractivity (Wildman–Crippen MR) is 56.1 cm³/mol. The van der Waals surface area contributed by atoms with Crippen LogP contribution in [0.2, 0.25) is 0 Å². The maximum Gasteiger partial charge on any atom is 0.336 e. The van der Waals surface area contributed by atoms with E-state index in [0.29, 0.717) is 17.9 Å². The average Bonchev–Trinajstić information content (AvgIpc) is 2.22. The summed E-state index contributed by atoms with van der Waals surface area (Å²) in [5.41, 5.74) is -0.271. The third kappa shape index (κ3) is 1.42. The molecule has 0 spiro atoms. The Morgan fingerprint density at radius 3 is 2.93 bits per heavy atom. The average molecular weight is 207 g/mol. The number of ether oxygens (including phenoxy) is 1. The van der Waals surface area contributed by atoms with Gasteiger partial charge in [-0.1, -0.05) is 13.0 Å². The smallest absolute Gasteiger partial charge is 0.336 e. The quantitative estimate of drug-likeness (QED) is 0.419. The van der Waals surface area contributed by atoms with E-state index in [-0.39, 0.29) is 11.7 Å². The minimum Gasteiger partial charge on any atom is -0.506 e. The number of carbonyl (C=O) groups is 1. The summed E-state index contributed by atoms with van der Waals surface area (Å²) in [6, 6.07) is 4.84. The first kappa shape index (κ1) is 9.83. The summed E-state index contributed by atoms with van der Waals surface area (Å²) in [6.07, 6.45) is 0.597. The molecular weight excluding hydrogens is 194 g/mol. The van der Waals surface area contributed by atoms with E-state index in [0.717, 1.165) is 0 Å². The van der Waals surface area contributed by atoms with Gasteiger partial charge in [0.25, 0.3) is 0 Å². The first-order valence-corrected chi connectivity index (χ1v) is 4.89. The Balaban J connectivity index is 2.48. The number of rotatable bonds is 1. The van der Waals surface area contributed by atoms with Crippen LogP contribution in [0.1, 0.15) is 20.3 Å². The van der Waals surface area contributed by atoms with Crippen LogP contribution in [0.5, 0.6) is 11.5 Å². The molecular formula is C11H13NO3. The van der Waals surface area contributed by atoms with Crippen molar-refractivity contribution in [3.05, 3.63) is 18.2 Å². The number of phenolic OH excluding ortho intramolecular Hbond substituents is 1. The SMILES string of the molecule is CC[C@@]1(C)Nc2c(O)cccc2OC1=O. The Morgan fingerprint density at radius 2 is 2.27 bits per heavy atom. The van der Waals surface area contributed by atoms with Gasteiger partial charge in [0.05, 0.1) is 0 Å². The second-order valence-electron chi connectivity index (χ2n) is 3.85. The van der Waals surface area contributed by atoms with Gasteiger partial charge in [0, 0.05) is 0 Å². The van der Waals surface area contributed by atoms with Crippen LogP contribution >= 0.6 is 0 Å². The van der Waals surface area contributed by atoms with Crippen molar-refractivity contribution in [2.75, 3.05) is 5.32 Å². The van der Waals surface area contributed by atoms with Crippen LogP contribution in [0.25, 0.3) is 0 Å². The summed E-state index contributed by atoms with van der Waals surface area (Å²) in [5, 5.41) is 12.6. The van der Waals surface area contributed by atoms with Gasteiger partial charge in [-0.15, -0.1) is 0 Å². The van der Waals surface area contributed by atoms with E-state index in [1.807, 2.05) is 6.92 Å². The van der Waals surface area contributed by atoms with Crippen molar-refractivity contribution in [2.45, 2.75) is 25.8 Å². The molecule has 80 valence electrons. The van der Waals surface area contributed by atoms with Crippen LogP contribution in [0.3, 0.4) is 0 Å². The van der Waals surface area contributed by atoms with Crippen molar-refractivity contribution in [1.29, 1.82) is 0 Å². The Hall–Kier alpha value is -1.71. The van der Waals surface area contributed by atoms with Gasteiger partial charge in [0.15, 0.2) is 5.75 Å². The predicted octanol–water partition coefficient (Wildman–Crippen LogP) is 1.89. The van der Waals surface area contributed by atoms with Crippen LogP contribution in [0.4, 0.5) is 5.69 Å². The molecule has 0 aromatic heterocycles. The van der Waals surface area contributed by atoms with E-state index in [1.165, 1.54) is 0 Å². The molecule has 0 saturated heterocycles.